The number of hydrogen-bond donors (Lipinski definition) is 0. The van der Waals surface area contributed by atoms with Gasteiger partial charge in [0.1, 0.15) is 5.82 Å². The van der Waals surface area contributed by atoms with Gasteiger partial charge >= 0.3 is 0 Å². The summed E-state index contributed by atoms with van der Waals surface area (Å²) in [5.41, 5.74) is 2.68. The van der Waals surface area contributed by atoms with Gasteiger partial charge in [-0.1, -0.05) is 18.5 Å². The van der Waals surface area contributed by atoms with Gasteiger partial charge in [0.15, 0.2) is 0 Å². The largest absolute Gasteiger partial charge is 0.237 e. The predicted octanol–water partition coefficient (Wildman–Crippen LogP) is 3.54. The van der Waals surface area contributed by atoms with E-state index in [0.29, 0.717) is 5.69 Å². The first-order valence-corrected chi connectivity index (χ1v) is 5.50. The number of hydrogen-bond acceptors (Lipinski definition) is 1. The lowest BCUT2D eigenvalue weighted by molar-refractivity contribution is 0.625. The third-order valence-corrected chi connectivity index (χ3v) is 2.72. The van der Waals surface area contributed by atoms with E-state index >= 15 is 0 Å². The molecule has 0 amide bonds. The van der Waals surface area contributed by atoms with E-state index in [-0.39, 0.29) is 5.02 Å². The number of nitrogens with zero attached hydrogens (tertiary/aromatic N) is 2. The van der Waals surface area contributed by atoms with Crippen molar-refractivity contribution in [1.29, 1.82) is 0 Å². The van der Waals surface area contributed by atoms with Crippen molar-refractivity contribution >= 4 is 11.6 Å². The zero-order chi connectivity index (χ0) is 11.7. The smallest absolute Gasteiger partial charge is 0.143 e. The van der Waals surface area contributed by atoms with Crippen molar-refractivity contribution in [2.24, 2.45) is 0 Å². The Morgan fingerprint density at radius 1 is 1.38 bits per heavy atom. The van der Waals surface area contributed by atoms with Gasteiger partial charge in [-0.2, -0.15) is 5.10 Å². The van der Waals surface area contributed by atoms with E-state index in [1.165, 1.54) is 6.07 Å². The molecule has 1 heterocycles. The quantitative estimate of drug-likeness (QED) is 0.783. The van der Waals surface area contributed by atoms with Crippen LogP contribution in [0.5, 0.6) is 0 Å². The van der Waals surface area contributed by atoms with Gasteiger partial charge < -0.3 is 0 Å². The number of aromatic nitrogens is 2. The summed E-state index contributed by atoms with van der Waals surface area (Å²) in [5, 5.41) is 4.46. The molecule has 0 aliphatic rings. The summed E-state index contributed by atoms with van der Waals surface area (Å²) >= 11 is 5.64. The molecule has 2 rings (SSSR count). The maximum Gasteiger partial charge on any atom is 0.143 e. The van der Waals surface area contributed by atoms with Crippen molar-refractivity contribution in [2.45, 2.75) is 20.3 Å². The standard InChI is InChI=1S/C12H12ClFN2/c1-3-9-6-8(2)15-16(9)10-4-5-11(13)12(14)7-10/h4-7H,3H2,1-2H3. The van der Waals surface area contributed by atoms with E-state index in [9.17, 15) is 4.39 Å². The highest BCUT2D eigenvalue weighted by Crippen LogP contribution is 2.19. The molecule has 2 nitrogen and oxygen atoms in total. The van der Waals surface area contributed by atoms with E-state index in [0.717, 1.165) is 17.8 Å². The molecule has 84 valence electrons. The molecular formula is C12H12ClFN2. The summed E-state index contributed by atoms with van der Waals surface area (Å²) in [7, 11) is 0. The van der Waals surface area contributed by atoms with Crippen molar-refractivity contribution in [3.8, 4) is 5.69 Å². The average Bonchev–Trinajstić information content (AvgIpc) is 2.63. The fourth-order valence-corrected chi connectivity index (χ4v) is 1.76. The topological polar surface area (TPSA) is 17.8 Å². The Labute approximate surface area is 98.7 Å². The van der Waals surface area contributed by atoms with Crippen LogP contribution in [0, 0.1) is 12.7 Å². The predicted molar refractivity (Wildman–Crippen MR) is 62.6 cm³/mol. The van der Waals surface area contributed by atoms with Crippen LogP contribution in [-0.4, -0.2) is 9.78 Å². The fraction of sp³-hybridized carbons (Fsp3) is 0.250. The first-order chi connectivity index (χ1) is 7.61. The Balaban J connectivity index is 2.53. The van der Waals surface area contributed by atoms with E-state index in [1.54, 1.807) is 16.8 Å². The zero-order valence-corrected chi connectivity index (χ0v) is 9.92. The molecule has 0 aliphatic carbocycles. The molecule has 0 radical (unpaired) electrons. The van der Waals surface area contributed by atoms with Crippen LogP contribution < -0.4 is 0 Å². The fourth-order valence-electron chi connectivity index (χ4n) is 1.65. The summed E-state index contributed by atoms with van der Waals surface area (Å²) in [6.07, 6.45) is 0.852. The van der Waals surface area contributed by atoms with Gasteiger partial charge in [0.05, 0.1) is 16.4 Å². The van der Waals surface area contributed by atoms with Gasteiger partial charge in [-0.25, -0.2) is 9.07 Å². The van der Waals surface area contributed by atoms with Crippen LogP contribution in [0.25, 0.3) is 5.69 Å². The lowest BCUT2D eigenvalue weighted by Crippen LogP contribution is -2.01. The van der Waals surface area contributed by atoms with Crippen LogP contribution in [0.1, 0.15) is 18.3 Å². The Hall–Kier alpha value is -1.35. The number of benzene rings is 1. The molecule has 1 aromatic carbocycles. The molecule has 0 atom stereocenters. The molecule has 0 saturated carbocycles. The minimum Gasteiger partial charge on any atom is -0.237 e. The molecule has 0 aliphatic heterocycles. The van der Waals surface area contributed by atoms with Crippen LogP contribution >= 0.6 is 11.6 Å². The molecule has 0 saturated heterocycles. The minimum absolute atomic E-state index is 0.130. The molecule has 16 heavy (non-hydrogen) atoms. The van der Waals surface area contributed by atoms with Crippen molar-refractivity contribution in [1.82, 2.24) is 9.78 Å². The number of rotatable bonds is 2. The second-order valence-electron chi connectivity index (χ2n) is 3.64. The second kappa shape index (κ2) is 4.26. The second-order valence-corrected chi connectivity index (χ2v) is 4.05. The lowest BCUT2D eigenvalue weighted by Gasteiger charge is -2.06. The molecule has 0 fully saturated rings. The zero-order valence-electron chi connectivity index (χ0n) is 9.17. The minimum atomic E-state index is -0.422. The molecule has 2 aromatic rings. The Bertz CT molecular complexity index is 520. The Morgan fingerprint density at radius 2 is 2.12 bits per heavy atom. The summed E-state index contributed by atoms with van der Waals surface area (Å²) in [4.78, 5) is 0. The number of halogens is 2. The lowest BCUT2D eigenvalue weighted by atomic mass is 10.2. The summed E-state index contributed by atoms with van der Waals surface area (Å²) in [6, 6.07) is 6.69. The molecule has 0 unspecified atom stereocenters. The van der Waals surface area contributed by atoms with Crippen LogP contribution in [-0.2, 0) is 6.42 Å². The van der Waals surface area contributed by atoms with E-state index in [4.69, 9.17) is 11.6 Å². The summed E-state index contributed by atoms with van der Waals surface area (Å²) < 4.78 is 15.1. The van der Waals surface area contributed by atoms with Gasteiger partial charge in [-0.3, -0.25) is 0 Å². The molecule has 0 N–H and O–H groups in total. The van der Waals surface area contributed by atoms with E-state index in [1.807, 2.05) is 19.9 Å². The Kier molecular flexibility index (Phi) is 2.97. The summed E-state index contributed by atoms with van der Waals surface area (Å²) in [6.45, 7) is 3.96. The van der Waals surface area contributed by atoms with Crippen molar-refractivity contribution in [3.63, 3.8) is 0 Å². The van der Waals surface area contributed by atoms with E-state index < -0.39 is 5.82 Å². The molecule has 0 spiro atoms. The third-order valence-electron chi connectivity index (χ3n) is 2.42. The monoisotopic (exact) mass is 238 g/mol. The van der Waals surface area contributed by atoms with Crippen molar-refractivity contribution in [3.05, 3.63) is 46.5 Å². The van der Waals surface area contributed by atoms with Crippen molar-refractivity contribution < 1.29 is 4.39 Å². The maximum absolute atomic E-state index is 13.3. The van der Waals surface area contributed by atoms with Crippen LogP contribution in [0.4, 0.5) is 4.39 Å². The van der Waals surface area contributed by atoms with Crippen LogP contribution in [0.15, 0.2) is 24.3 Å². The number of aryl methyl sites for hydroxylation is 2. The first kappa shape index (κ1) is 11.1. The van der Waals surface area contributed by atoms with Crippen molar-refractivity contribution in [2.75, 3.05) is 0 Å². The summed E-state index contributed by atoms with van der Waals surface area (Å²) in [5.74, 6) is -0.422. The highest BCUT2D eigenvalue weighted by molar-refractivity contribution is 6.30. The van der Waals surface area contributed by atoms with Gasteiger partial charge in [0.25, 0.3) is 0 Å². The molecule has 0 bridgehead atoms. The van der Waals surface area contributed by atoms with E-state index in [2.05, 4.69) is 5.10 Å². The molecule has 4 heteroatoms. The average molecular weight is 239 g/mol. The first-order valence-electron chi connectivity index (χ1n) is 5.12. The Morgan fingerprint density at radius 3 is 2.75 bits per heavy atom. The van der Waals surface area contributed by atoms with Crippen LogP contribution in [0.2, 0.25) is 5.02 Å². The maximum atomic E-state index is 13.3. The highest BCUT2D eigenvalue weighted by atomic mass is 35.5. The van der Waals surface area contributed by atoms with Gasteiger partial charge in [0.2, 0.25) is 0 Å². The highest BCUT2D eigenvalue weighted by Gasteiger charge is 2.08. The third kappa shape index (κ3) is 1.95. The van der Waals surface area contributed by atoms with Gasteiger partial charge in [0, 0.05) is 11.8 Å². The van der Waals surface area contributed by atoms with Crippen LogP contribution in [0.3, 0.4) is 0 Å². The van der Waals surface area contributed by atoms with Gasteiger partial charge in [-0.15, -0.1) is 0 Å². The molecule has 1 aromatic heterocycles. The molecular weight excluding hydrogens is 227 g/mol. The SMILES string of the molecule is CCc1cc(C)nn1-c1ccc(Cl)c(F)c1. The van der Waals surface area contributed by atoms with Gasteiger partial charge in [-0.05, 0) is 31.5 Å². The normalized spacial score (nSPS) is 10.8.